The molecular weight excluding hydrogens is 438 g/mol. The molecule has 3 rings (SSSR count). The molecule has 0 aliphatic rings. The summed E-state index contributed by atoms with van der Waals surface area (Å²) in [5, 5.41) is 7.14. The normalized spacial score (nSPS) is 13.6. The Morgan fingerprint density at radius 3 is 2.12 bits per heavy atom. The van der Waals surface area contributed by atoms with Gasteiger partial charge in [-0.2, -0.15) is 26.3 Å². The van der Waals surface area contributed by atoms with Gasteiger partial charge in [0.05, 0.1) is 11.1 Å². The van der Waals surface area contributed by atoms with Gasteiger partial charge in [0, 0.05) is 42.3 Å². The highest BCUT2D eigenvalue weighted by Crippen LogP contribution is 2.38. The first kappa shape index (κ1) is 23.4. The van der Waals surface area contributed by atoms with Gasteiger partial charge in [-0.1, -0.05) is 6.08 Å². The zero-order valence-electron chi connectivity index (χ0n) is 16.9. The van der Waals surface area contributed by atoms with E-state index in [1.54, 1.807) is 25.4 Å². The molecule has 1 atom stereocenters. The zero-order valence-corrected chi connectivity index (χ0v) is 16.9. The molecule has 0 aliphatic heterocycles. The second-order valence-corrected chi connectivity index (χ2v) is 6.92. The van der Waals surface area contributed by atoms with Crippen LogP contribution in [0.5, 0.6) is 0 Å². The lowest BCUT2D eigenvalue weighted by atomic mass is 10.0. The van der Waals surface area contributed by atoms with Crippen LogP contribution >= 0.6 is 0 Å². The largest absolute Gasteiger partial charge is 0.416 e. The third kappa shape index (κ3) is 5.90. The Hall–Kier alpha value is -3.28. The van der Waals surface area contributed by atoms with Crippen molar-refractivity contribution in [3.8, 4) is 11.4 Å². The molecule has 2 heterocycles. The van der Waals surface area contributed by atoms with Crippen LogP contribution < -0.4 is 5.32 Å². The maximum Gasteiger partial charge on any atom is 0.416 e. The lowest BCUT2D eigenvalue weighted by molar-refractivity contribution is -0.143. The number of alkyl halides is 6. The van der Waals surface area contributed by atoms with Gasteiger partial charge in [0.1, 0.15) is 12.2 Å². The van der Waals surface area contributed by atoms with Crippen molar-refractivity contribution in [3.05, 3.63) is 65.5 Å². The fourth-order valence-electron chi connectivity index (χ4n) is 2.71. The second-order valence-electron chi connectivity index (χ2n) is 6.92. The molecule has 32 heavy (non-hydrogen) atoms. The van der Waals surface area contributed by atoms with Crippen LogP contribution in [0.15, 0.2) is 43.0 Å². The minimum atomic E-state index is -4.94. The summed E-state index contributed by atoms with van der Waals surface area (Å²) in [5.74, 6) is 0.398. The molecule has 0 radical (unpaired) electrons. The van der Waals surface area contributed by atoms with Crippen LogP contribution in [0, 0.1) is 6.92 Å². The summed E-state index contributed by atoms with van der Waals surface area (Å²) >= 11 is 0. The van der Waals surface area contributed by atoms with E-state index in [1.165, 1.54) is 17.2 Å². The van der Waals surface area contributed by atoms with Crippen LogP contribution in [-0.4, -0.2) is 31.3 Å². The van der Waals surface area contributed by atoms with Gasteiger partial charge in [-0.25, -0.2) is 19.6 Å². The van der Waals surface area contributed by atoms with Crippen LogP contribution in [0.25, 0.3) is 17.6 Å². The quantitative estimate of drug-likeness (QED) is 0.535. The Morgan fingerprint density at radius 2 is 1.56 bits per heavy atom. The van der Waals surface area contributed by atoms with E-state index < -0.39 is 23.5 Å². The van der Waals surface area contributed by atoms with Crippen molar-refractivity contribution >= 4 is 6.20 Å². The molecule has 2 aromatic heterocycles. The fourth-order valence-corrected chi connectivity index (χ4v) is 2.71. The van der Waals surface area contributed by atoms with E-state index in [-0.39, 0.29) is 23.5 Å². The molecule has 1 aromatic carbocycles. The maximum atomic E-state index is 13.0. The number of aromatic nitrogens is 5. The van der Waals surface area contributed by atoms with Gasteiger partial charge in [0.2, 0.25) is 0 Å². The predicted molar refractivity (Wildman–Crippen MR) is 104 cm³/mol. The summed E-state index contributed by atoms with van der Waals surface area (Å²) in [7, 11) is 0. The summed E-state index contributed by atoms with van der Waals surface area (Å²) in [4.78, 5) is 12.1. The lowest BCUT2D eigenvalue weighted by Gasteiger charge is -2.13. The number of hydrogen-bond donors (Lipinski definition) is 1. The van der Waals surface area contributed by atoms with Crippen molar-refractivity contribution in [3.63, 3.8) is 0 Å². The van der Waals surface area contributed by atoms with Crippen LogP contribution in [0.3, 0.4) is 0 Å². The van der Waals surface area contributed by atoms with Crippen LogP contribution in [0.1, 0.15) is 35.5 Å². The van der Waals surface area contributed by atoms with E-state index in [9.17, 15) is 26.3 Å². The summed E-state index contributed by atoms with van der Waals surface area (Å²) in [6, 6.07) is 1.20. The number of rotatable bonds is 6. The van der Waals surface area contributed by atoms with Crippen LogP contribution in [-0.2, 0) is 12.4 Å². The Bertz CT molecular complexity index is 1050. The fraction of sp³-hybridized carbons (Fsp3) is 0.300. The van der Waals surface area contributed by atoms with E-state index in [4.69, 9.17) is 0 Å². The molecule has 0 spiro atoms. The molecule has 0 saturated carbocycles. The maximum absolute atomic E-state index is 13.0. The third-order valence-electron chi connectivity index (χ3n) is 4.46. The van der Waals surface area contributed by atoms with Crippen molar-refractivity contribution in [2.45, 2.75) is 32.2 Å². The summed E-state index contributed by atoms with van der Waals surface area (Å²) in [6.07, 6.45) is -2.12. The predicted octanol–water partition coefficient (Wildman–Crippen LogP) is 4.90. The number of nitrogens with one attached hydrogen (secondary N) is 1. The minimum Gasteiger partial charge on any atom is -0.307 e. The molecule has 170 valence electrons. The van der Waals surface area contributed by atoms with E-state index in [2.05, 4.69) is 25.4 Å². The Kier molecular flexibility index (Phi) is 6.63. The number of benzene rings is 1. The number of aryl methyl sites for hydroxylation is 1. The highest BCUT2D eigenvalue weighted by Gasteiger charge is 2.37. The Balaban J connectivity index is 1.72. The molecule has 3 aromatic rings. The SMILES string of the molecule is Cc1ncc(C(C)NC/C=C\n2cnc(-c3cc(C(F)(F)F)cc(C(F)(F)F)c3)n2)cn1. The molecule has 12 heteroatoms. The Labute approximate surface area is 179 Å². The molecule has 1 N–H and O–H groups in total. The van der Waals surface area contributed by atoms with Crippen LogP contribution in [0.2, 0.25) is 0 Å². The van der Waals surface area contributed by atoms with E-state index in [0.717, 1.165) is 5.56 Å². The first-order valence-electron chi connectivity index (χ1n) is 9.33. The average molecular weight is 456 g/mol. The molecule has 0 bridgehead atoms. The van der Waals surface area contributed by atoms with Crippen LogP contribution in [0.4, 0.5) is 26.3 Å². The van der Waals surface area contributed by atoms with Crippen molar-refractivity contribution in [2.24, 2.45) is 0 Å². The zero-order chi connectivity index (χ0) is 23.5. The van der Waals surface area contributed by atoms with Crippen molar-refractivity contribution in [1.29, 1.82) is 0 Å². The van der Waals surface area contributed by atoms with E-state index in [0.29, 0.717) is 24.5 Å². The van der Waals surface area contributed by atoms with Gasteiger partial charge in [0.15, 0.2) is 5.82 Å². The molecule has 0 aliphatic carbocycles. The highest BCUT2D eigenvalue weighted by atomic mass is 19.4. The third-order valence-corrected chi connectivity index (χ3v) is 4.46. The first-order chi connectivity index (χ1) is 14.9. The number of halogens is 6. The standard InChI is InChI=1S/C20H18F6N6/c1-12(15-9-28-13(2)29-10-15)27-4-3-5-32-11-30-18(31-32)14-6-16(19(21,22)23)8-17(7-14)20(24,25)26/h3,5-12,27H,4H2,1-2H3/b5-3-. The van der Waals surface area contributed by atoms with Gasteiger partial charge in [-0.05, 0) is 32.0 Å². The number of nitrogens with zero attached hydrogens (tertiary/aromatic N) is 5. The number of hydrogen-bond acceptors (Lipinski definition) is 5. The first-order valence-corrected chi connectivity index (χ1v) is 9.33. The van der Waals surface area contributed by atoms with E-state index in [1.807, 2.05) is 6.92 Å². The second kappa shape index (κ2) is 9.07. The summed E-state index contributed by atoms with van der Waals surface area (Å²) < 4.78 is 79.4. The van der Waals surface area contributed by atoms with Crippen molar-refractivity contribution in [2.75, 3.05) is 6.54 Å². The average Bonchev–Trinajstić information content (AvgIpc) is 3.19. The van der Waals surface area contributed by atoms with Gasteiger partial charge in [0.25, 0.3) is 0 Å². The smallest absolute Gasteiger partial charge is 0.307 e. The molecular formula is C20H18F6N6. The lowest BCUT2D eigenvalue weighted by Crippen LogP contribution is -2.19. The monoisotopic (exact) mass is 456 g/mol. The van der Waals surface area contributed by atoms with Gasteiger partial charge in [-0.3, -0.25) is 0 Å². The molecule has 6 nitrogen and oxygen atoms in total. The summed E-state index contributed by atoms with van der Waals surface area (Å²) in [6.45, 7) is 4.10. The minimum absolute atomic E-state index is 0.0440. The molecule has 0 saturated heterocycles. The van der Waals surface area contributed by atoms with Gasteiger partial charge >= 0.3 is 12.4 Å². The molecule has 1 unspecified atom stereocenters. The summed E-state index contributed by atoms with van der Waals surface area (Å²) in [5.41, 5.74) is -2.34. The highest BCUT2D eigenvalue weighted by molar-refractivity contribution is 5.58. The van der Waals surface area contributed by atoms with Crippen molar-refractivity contribution < 1.29 is 26.3 Å². The van der Waals surface area contributed by atoms with Crippen molar-refractivity contribution in [1.82, 2.24) is 30.0 Å². The topological polar surface area (TPSA) is 68.5 Å². The van der Waals surface area contributed by atoms with E-state index >= 15 is 0 Å². The van der Waals surface area contributed by atoms with Gasteiger partial charge in [-0.15, -0.1) is 5.10 Å². The molecule has 0 amide bonds. The molecule has 0 fully saturated rings. The Morgan fingerprint density at radius 1 is 0.969 bits per heavy atom. The van der Waals surface area contributed by atoms with Gasteiger partial charge < -0.3 is 5.32 Å².